The van der Waals surface area contributed by atoms with Gasteiger partial charge in [-0.25, -0.2) is 0 Å². The fourth-order valence-corrected chi connectivity index (χ4v) is 2.03. The second kappa shape index (κ2) is 5.49. The van der Waals surface area contributed by atoms with E-state index in [2.05, 4.69) is 5.32 Å². The summed E-state index contributed by atoms with van der Waals surface area (Å²) in [6, 6.07) is 12.3. The lowest BCUT2D eigenvalue weighted by molar-refractivity contribution is 1.46. The van der Waals surface area contributed by atoms with Crippen LogP contribution < -0.4 is 5.32 Å². The molecular weight excluding hydrogens is 291 g/mol. The van der Waals surface area contributed by atoms with Crippen molar-refractivity contribution in [2.75, 3.05) is 5.32 Å². The van der Waals surface area contributed by atoms with Gasteiger partial charge in [0.2, 0.25) is 0 Å². The largest absolute Gasteiger partial charge is 0.353 e. The minimum atomic E-state index is 0.371. The summed E-state index contributed by atoms with van der Waals surface area (Å²) in [5.74, 6) is 0. The maximum Gasteiger partial charge on any atom is 0.103 e. The molecule has 90 valence electrons. The summed E-state index contributed by atoms with van der Waals surface area (Å²) in [6.45, 7) is 0. The average molecular weight is 298 g/mol. The highest BCUT2D eigenvalue weighted by Gasteiger charge is 2.08. The number of hydrogen-bond acceptors (Lipinski definition) is 2. The third-order valence-corrected chi connectivity index (χ3v) is 3.20. The Morgan fingerprint density at radius 1 is 0.944 bits per heavy atom. The van der Waals surface area contributed by atoms with Crippen LogP contribution in [0.3, 0.4) is 0 Å². The minimum Gasteiger partial charge on any atom is -0.353 e. The van der Waals surface area contributed by atoms with E-state index >= 15 is 0 Å². The molecule has 0 radical (unpaired) electrons. The van der Waals surface area contributed by atoms with Crippen molar-refractivity contribution in [3.8, 4) is 6.07 Å². The molecule has 0 aliphatic rings. The summed E-state index contributed by atoms with van der Waals surface area (Å²) in [6.07, 6.45) is 0. The molecule has 0 heterocycles. The molecule has 2 aromatic carbocycles. The van der Waals surface area contributed by atoms with E-state index < -0.39 is 0 Å². The van der Waals surface area contributed by atoms with E-state index in [0.29, 0.717) is 32.0 Å². The molecule has 2 aromatic rings. The number of rotatable bonds is 2. The number of nitriles is 1. The van der Waals surface area contributed by atoms with Gasteiger partial charge in [-0.1, -0.05) is 40.9 Å². The molecule has 5 heteroatoms. The maximum atomic E-state index is 9.07. The minimum absolute atomic E-state index is 0.371. The Labute approximate surface area is 120 Å². The molecule has 0 fully saturated rings. The lowest BCUT2D eigenvalue weighted by Crippen LogP contribution is -1.95. The van der Waals surface area contributed by atoms with Gasteiger partial charge < -0.3 is 5.32 Å². The van der Waals surface area contributed by atoms with Crippen LogP contribution >= 0.6 is 34.8 Å². The quantitative estimate of drug-likeness (QED) is 0.820. The van der Waals surface area contributed by atoms with Crippen LogP contribution in [0.1, 0.15) is 5.56 Å². The first kappa shape index (κ1) is 13.0. The first-order valence-corrected chi connectivity index (χ1v) is 6.16. The van der Waals surface area contributed by atoms with Crippen LogP contribution in [0.5, 0.6) is 0 Å². The zero-order chi connectivity index (χ0) is 13.1. The predicted molar refractivity (Wildman–Crippen MR) is 75.9 cm³/mol. The lowest BCUT2D eigenvalue weighted by atomic mass is 10.2. The van der Waals surface area contributed by atoms with E-state index in [1.807, 2.05) is 6.07 Å². The van der Waals surface area contributed by atoms with Crippen molar-refractivity contribution in [1.29, 1.82) is 5.26 Å². The van der Waals surface area contributed by atoms with Crippen LogP contribution in [0.25, 0.3) is 0 Å². The Morgan fingerprint density at radius 3 is 2.44 bits per heavy atom. The van der Waals surface area contributed by atoms with Crippen molar-refractivity contribution in [1.82, 2.24) is 0 Å². The topological polar surface area (TPSA) is 35.8 Å². The molecule has 0 saturated carbocycles. The number of anilines is 2. The monoisotopic (exact) mass is 296 g/mol. The van der Waals surface area contributed by atoms with Crippen LogP contribution in [-0.2, 0) is 0 Å². The molecule has 0 aliphatic heterocycles. The van der Waals surface area contributed by atoms with Crippen LogP contribution in [0.4, 0.5) is 11.4 Å². The fourth-order valence-electron chi connectivity index (χ4n) is 1.48. The van der Waals surface area contributed by atoms with Gasteiger partial charge in [-0.05, 0) is 30.3 Å². The second-order valence-electron chi connectivity index (χ2n) is 3.52. The molecule has 0 unspecified atom stereocenters. The first-order chi connectivity index (χ1) is 8.61. The average Bonchev–Trinajstić information content (AvgIpc) is 2.34. The van der Waals surface area contributed by atoms with Crippen molar-refractivity contribution in [2.24, 2.45) is 0 Å². The standard InChI is InChI=1S/C13H7Cl3N2/c14-8-4-5-11(16)13(6-8)18-12-3-1-2-10(15)9(12)7-17/h1-6,18H. The number of halogens is 3. The SMILES string of the molecule is N#Cc1c(Cl)cccc1Nc1cc(Cl)ccc1Cl. The summed E-state index contributed by atoms with van der Waals surface area (Å²) in [7, 11) is 0. The number of benzene rings is 2. The molecule has 2 rings (SSSR count). The van der Waals surface area contributed by atoms with Crippen molar-refractivity contribution >= 4 is 46.2 Å². The Bertz CT molecular complexity index is 633. The second-order valence-corrected chi connectivity index (χ2v) is 4.77. The van der Waals surface area contributed by atoms with E-state index in [1.54, 1.807) is 36.4 Å². The van der Waals surface area contributed by atoms with Crippen molar-refractivity contribution < 1.29 is 0 Å². The van der Waals surface area contributed by atoms with Crippen LogP contribution in [0.2, 0.25) is 15.1 Å². The summed E-state index contributed by atoms with van der Waals surface area (Å²) in [5.41, 5.74) is 1.59. The van der Waals surface area contributed by atoms with Gasteiger partial charge in [0.15, 0.2) is 0 Å². The van der Waals surface area contributed by atoms with Gasteiger partial charge in [0.05, 0.1) is 27.0 Å². The molecule has 0 saturated heterocycles. The molecular formula is C13H7Cl3N2. The van der Waals surface area contributed by atoms with E-state index in [-0.39, 0.29) is 0 Å². The highest BCUT2D eigenvalue weighted by Crippen LogP contribution is 2.31. The molecule has 0 aliphatic carbocycles. The molecule has 0 amide bonds. The fraction of sp³-hybridized carbons (Fsp3) is 0. The Hall–Kier alpha value is -1.40. The molecule has 18 heavy (non-hydrogen) atoms. The van der Waals surface area contributed by atoms with Crippen molar-refractivity contribution in [2.45, 2.75) is 0 Å². The zero-order valence-corrected chi connectivity index (χ0v) is 11.3. The van der Waals surface area contributed by atoms with Crippen LogP contribution in [0, 0.1) is 11.3 Å². The third kappa shape index (κ3) is 2.70. The van der Waals surface area contributed by atoms with E-state index in [9.17, 15) is 0 Å². The lowest BCUT2D eigenvalue weighted by Gasteiger charge is -2.11. The molecule has 1 N–H and O–H groups in total. The van der Waals surface area contributed by atoms with Gasteiger partial charge >= 0.3 is 0 Å². The van der Waals surface area contributed by atoms with Gasteiger partial charge in [-0.2, -0.15) is 5.26 Å². The van der Waals surface area contributed by atoms with E-state index in [4.69, 9.17) is 40.1 Å². The summed E-state index contributed by atoms with van der Waals surface area (Å²) < 4.78 is 0. The maximum absolute atomic E-state index is 9.07. The number of nitrogens with one attached hydrogen (secondary N) is 1. The van der Waals surface area contributed by atoms with Crippen molar-refractivity contribution in [3.63, 3.8) is 0 Å². The molecule has 0 bridgehead atoms. The van der Waals surface area contributed by atoms with Gasteiger partial charge in [0.1, 0.15) is 6.07 Å². The normalized spacial score (nSPS) is 9.89. The van der Waals surface area contributed by atoms with Crippen LogP contribution in [0.15, 0.2) is 36.4 Å². The molecule has 0 atom stereocenters. The van der Waals surface area contributed by atoms with Gasteiger partial charge in [-0.15, -0.1) is 0 Å². The Balaban J connectivity index is 2.44. The van der Waals surface area contributed by atoms with Gasteiger partial charge in [-0.3, -0.25) is 0 Å². The van der Waals surface area contributed by atoms with Crippen LogP contribution in [-0.4, -0.2) is 0 Å². The zero-order valence-electron chi connectivity index (χ0n) is 9.05. The highest BCUT2D eigenvalue weighted by molar-refractivity contribution is 6.35. The summed E-state index contributed by atoms with van der Waals surface area (Å²) in [5, 5.41) is 13.6. The van der Waals surface area contributed by atoms with E-state index in [1.165, 1.54) is 0 Å². The van der Waals surface area contributed by atoms with Gasteiger partial charge in [0.25, 0.3) is 0 Å². The number of nitrogens with zero attached hydrogens (tertiary/aromatic N) is 1. The van der Waals surface area contributed by atoms with Gasteiger partial charge in [0, 0.05) is 5.02 Å². The number of hydrogen-bond donors (Lipinski definition) is 1. The summed E-state index contributed by atoms with van der Waals surface area (Å²) >= 11 is 17.9. The Kier molecular flexibility index (Phi) is 3.98. The third-order valence-electron chi connectivity index (χ3n) is 2.32. The molecule has 0 aromatic heterocycles. The predicted octanol–water partition coefficient (Wildman–Crippen LogP) is 5.26. The smallest absolute Gasteiger partial charge is 0.103 e. The highest BCUT2D eigenvalue weighted by atomic mass is 35.5. The Morgan fingerprint density at radius 2 is 1.72 bits per heavy atom. The van der Waals surface area contributed by atoms with E-state index in [0.717, 1.165) is 0 Å². The van der Waals surface area contributed by atoms with Crippen molar-refractivity contribution in [3.05, 3.63) is 57.0 Å². The summed E-state index contributed by atoms with van der Waals surface area (Å²) in [4.78, 5) is 0. The molecule has 2 nitrogen and oxygen atoms in total. The molecule has 0 spiro atoms. The first-order valence-electron chi connectivity index (χ1n) is 5.02.